The Balaban J connectivity index is 2.37. The van der Waals surface area contributed by atoms with Crippen LogP contribution in [-0.2, 0) is 4.79 Å². The zero-order valence-electron chi connectivity index (χ0n) is 8.51. The zero-order valence-corrected chi connectivity index (χ0v) is 8.51. The summed E-state index contributed by atoms with van der Waals surface area (Å²) in [5, 5.41) is 7.19. The van der Waals surface area contributed by atoms with E-state index in [1.807, 2.05) is 36.4 Å². The van der Waals surface area contributed by atoms with Crippen molar-refractivity contribution in [1.29, 1.82) is 0 Å². The van der Waals surface area contributed by atoms with E-state index in [2.05, 4.69) is 10.5 Å². The van der Waals surface area contributed by atoms with Crippen molar-refractivity contribution in [3.8, 4) is 0 Å². The number of nitrogens with zero attached hydrogens (tertiary/aromatic N) is 1. The van der Waals surface area contributed by atoms with Crippen molar-refractivity contribution in [3.05, 3.63) is 47.4 Å². The first kappa shape index (κ1) is 10.3. The summed E-state index contributed by atoms with van der Waals surface area (Å²) in [7, 11) is 0. The molecule has 0 fully saturated rings. The predicted molar refractivity (Wildman–Crippen MR) is 63.2 cm³/mol. The third-order valence-electron chi connectivity index (χ3n) is 2.27. The molecule has 0 bridgehead atoms. The van der Waals surface area contributed by atoms with Crippen LogP contribution in [0.3, 0.4) is 0 Å². The van der Waals surface area contributed by atoms with Gasteiger partial charge in [-0.2, -0.15) is 4.91 Å². The van der Waals surface area contributed by atoms with E-state index in [0.29, 0.717) is 5.69 Å². The van der Waals surface area contributed by atoms with Crippen molar-refractivity contribution in [2.75, 3.05) is 11.9 Å². The van der Waals surface area contributed by atoms with Crippen LogP contribution in [-0.4, -0.2) is 12.5 Å². The number of nitrogens with one attached hydrogen (secondary N) is 1. The molecule has 80 valence electrons. The summed E-state index contributed by atoms with van der Waals surface area (Å²) in [5.41, 5.74) is 0.701. The molecule has 0 spiro atoms. The minimum absolute atomic E-state index is 0.358. The standard InChI is InChI=1S/C12H10N2O2/c15-12(8-13-16)14-11-7-3-5-9-4-1-2-6-10(9)11/h1-7H,8H2,(H,14,15). The molecule has 0 aliphatic heterocycles. The van der Waals surface area contributed by atoms with E-state index >= 15 is 0 Å². The Morgan fingerprint density at radius 1 is 1.12 bits per heavy atom. The van der Waals surface area contributed by atoms with Crippen LogP contribution in [0.25, 0.3) is 10.8 Å². The molecule has 1 amide bonds. The van der Waals surface area contributed by atoms with Crippen molar-refractivity contribution >= 4 is 22.4 Å². The molecule has 2 aromatic rings. The molecule has 4 heteroatoms. The Labute approximate surface area is 92.2 Å². The molecular weight excluding hydrogens is 204 g/mol. The summed E-state index contributed by atoms with van der Waals surface area (Å²) in [5.74, 6) is -0.397. The molecule has 0 aromatic heterocycles. The van der Waals surface area contributed by atoms with Gasteiger partial charge in [-0.05, 0) is 11.5 Å². The fraction of sp³-hybridized carbons (Fsp3) is 0.0833. The van der Waals surface area contributed by atoms with Gasteiger partial charge in [-0.1, -0.05) is 41.6 Å². The highest BCUT2D eigenvalue weighted by molar-refractivity contribution is 6.02. The maximum absolute atomic E-state index is 11.3. The second-order valence-corrected chi connectivity index (χ2v) is 3.36. The highest BCUT2D eigenvalue weighted by Crippen LogP contribution is 2.22. The number of fused-ring (bicyclic) bond motifs is 1. The van der Waals surface area contributed by atoms with Gasteiger partial charge in [0, 0.05) is 11.1 Å². The van der Waals surface area contributed by atoms with E-state index in [-0.39, 0.29) is 6.54 Å². The topological polar surface area (TPSA) is 58.5 Å². The van der Waals surface area contributed by atoms with Crippen LogP contribution in [0.2, 0.25) is 0 Å². The molecule has 2 aromatic carbocycles. The van der Waals surface area contributed by atoms with E-state index in [1.54, 1.807) is 6.07 Å². The molecule has 16 heavy (non-hydrogen) atoms. The minimum Gasteiger partial charge on any atom is -0.324 e. The summed E-state index contributed by atoms with van der Waals surface area (Å²) >= 11 is 0. The largest absolute Gasteiger partial charge is 0.324 e. The van der Waals surface area contributed by atoms with Crippen molar-refractivity contribution in [2.24, 2.45) is 5.18 Å². The molecule has 0 radical (unpaired) electrons. The fourth-order valence-corrected chi connectivity index (χ4v) is 1.58. The molecule has 2 rings (SSSR count). The fourth-order valence-electron chi connectivity index (χ4n) is 1.58. The molecule has 4 nitrogen and oxygen atoms in total. The Kier molecular flexibility index (Phi) is 2.91. The second kappa shape index (κ2) is 4.53. The summed E-state index contributed by atoms with van der Waals surface area (Å²) < 4.78 is 0. The number of amides is 1. The Bertz CT molecular complexity index is 532. The minimum atomic E-state index is -0.397. The molecule has 0 saturated heterocycles. The lowest BCUT2D eigenvalue weighted by Crippen LogP contribution is -2.14. The van der Waals surface area contributed by atoms with Gasteiger partial charge in [0.15, 0.2) is 6.54 Å². The first-order chi connectivity index (χ1) is 7.81. The van der Waals surface area contributed by atoms with Gasteiger partial charge in [-0.3, -0.25) is 4.79 Å². The first-order valence-electron chi connectivity index (χ1n) is 4.88. The van der Waals surface area contributed by atoms with Gasteiger partial charge in [0.05, 0.1) is 0 Å². The maximum Gasteiger partial charge on any atom is 0.249 e. The van der Waals surface area contributed by atoms with Gasteiger partial charge in [0.25, 0.3) is 0 Å². The predicted octanol–water partition coefficient (Wildman–Crippen LogP) is 2.54. The molecule has 0 atom stereocenters. The van der Waals surface area contributed by atoms with Crippen molar-refractivity contribution < 1.29 is 4.79 Å². The SMILES string of the molecule is O=NCC(=O)Nc1cccc2ccccc12. The van der Waals surface area contributed by atoms with Crippen molar-refractivity contribution in [2.45, 2.75) is 0 Å². The number of nitroso groups, excluding NO2 is 1. The normalized spacial score (nSPS) is 10.0. The lowest BCUT2D eigenvalue weighted by molar-refractivity contribution is -0.114. The first-order valence-corrected chi connectivity index (χ1v) is 4.88. The zero-order chi connectivity index (χ0) is 11.4. The van der Waals surface area contributed by atoms with E-state index in [0.717, 1.165) is 10.8 Å². The highest BCUT2D eigenvalue weighted by atomic mass is 16.3. The smallest absolute Gasteiger partial charge is 0.249 e. The molecule has 0 aliphatic carbocycles. The Morgan fingerprint density at radius 3 is 2.69 bits per heavy atom. The van der Waals surface area contributed by atoms with Gasteiger partial charge in [-0.15, -0.1) is 0 Å². The number of hydrogen-bond donors (Lipinski definition) is 1. The van der Waals surface area contributed by atoms with E-state index in [1.165, 1.54) is 0 Å². The average Bonchev–Trinajstić information content (AvgIpc) is 2.30. The van der Waals surface area contributed by atoms with Crippen molar-refractivity contribution in [1.82, 2.24) is 0 Å². The lowest BCUT2D eigenvalue weighted by Gasteiger charge is -2.06. The maximum atomic E-state index is 11.3. The second-order valence-electron chi connectivity index (χ2n) is 3.36. The molecule has 0 aliphatic rings. The number of hydrogen-bond acceptors (Lipinski definition) is 3. The molecular formula is C12H10N2O2. The van der Waals surface area contributed by atoms with E-state index < -0.39 is 5.91 Å². The van der Waals surface area contributed by atoms with E-state index in [4.69, 9.17) is 0 Å². The Hall–Kier alpha value is -2.23. The number of carbonyl (C=O) groups is 1. The van der Waals surface area contributed by atoms with Crippen LogP contribution < -0.4 is 5.32 Å². The third-order valence-corrected chi connectivity index (χ3v) is 2.27. The molecule has 0 unspecified atom stereocenters. The number of rotatable bonds is 3. The molecule has 0 heterocycles. The van der Waals surface area contributed by atoms with Gasteiger partial charge in [-0.25, -0.2) is 0 Å². The Morgan fingerprint density at radius 2 is 1.88 bits per heavy atom. The molecule has 1 N–H and O–H groups in total. The molecule has 0 saturated carbocycles. The van der Waals surface area contributed by atoms with Gasteiger partial charge < -0.3 is 5.32 Å². The monoisotopic (exact) mass is 214 g/mol. The average molecular weight is 214 g/mol. The van der Waals surface area contributed by atoms with Crippen LogP contribution in [0.5, 0.6) is 0 Å². The summed E-state index contributed by atoms with van der Waals surface area (Å²) in [4.78, 5) is 21.2. The lowest BCUT2D eigenvalue weighted by atomic mass is 10.1. The van der Waals surface area contributed by atoms with Gasteiger partial charge in [0.1, 0.15) is 0 Å². The quantitative estimate of drug-likeness (QED) is 0.798. The van der Waals surface area contributed by atoms with Crippen LogP contribution in [0.1, 0.15) is 0 Å². The highest BCUT2D eigenvalue weighted by Gasteiger charge is 2.04. The van der Waals surface area contributed by atoms with Gasteiger partial charge in [0.2, 0.25) is 5.91 Å². The van der Waals surface area contributed by atoms with Crippen molar-refractivity contribution in [3.63, 3.8) is 0 Å². The number of carbonyl (C=O) groups excluding carboxylic acids is 1. The third kappa shape index (κ3) is 2.06. The van der Waals surface area contributed by atoms with E-state index in [9.17, 15) is 9.70 Å². The van der Waals surface area contributed by atoms with Crippen LogP contribution in [0, 0.1) is 4.91 Å². The van der Waals surface area contributed by atoms with Crippen LogP contribution >= 0.6 is 0 Å². The van der Waals surface area contributed by atoms with Crippen LogP contribution in [0.4, 0.5) is 5.69 Å². The number of anilines is 1. The summed E-state index contributed by atoms with van der Waals surface area (Å²) in [6, 6.07) is 13.3. The van der Waals surface area contributed by atoms with Gasteiger partial charge >= 0.3 is 0 Å². The van der Waals surface area contributed by atoms with Crippen LogP contribution in [0.15, 0.2) is 47.6 Å². The summed E-state index contributed by atoms with van der Waals surface area (Å²) in [6.07, 6.45) is 0. The number of benzene rings is 2. The summed E-state index contributed by atoms with van der Waals surface area (Å²) in [6.45, 7) is -0.358.